The number of halogens is 1. The number of hydrogen-bond acceptors (Lipinski definition) is 5. The monoisotopic (exact) mass is 330 g/mol. The summed E-state index contributed by atoms with van der Waals surface area (Å²) >= 11 is 3.31. The summed E-state index contributed by atoms with van der Waals surface area (Å²) in [6.07, 6.45) is 0. The van der Waals surface area contributed by atoms with Gasteiger partial charge in [-0.3, -0.25) is 4.79 Å². The van der Waals surface area contributed by atoms with E-state index >= 15 is 0 Å². The van der Waals surface area contributed by atoms with Gasteiger partial charge in [-0.1, -0.05) is 15.9 Å². The van der Waals surface area contributed by atoms with Crippen LogP contribution in [0.15, 0.2) is 16.6 Å². The van der Waals surface area contributed by atoms with Gasteiger partial charge in [0.2, 0.25) is 0 Å². The van der Waals surface area contributed by atoms with Gasteiger partial charge >= 0.3 is 5.97 Å². The van der Waals surface area contributed by atoms with E-state index < -0.39 is 11.8 Å². The van der Waals surface area contributed by atoms with Gasteiger partial charge in [-0.05, 0) is 24.6 Å². The molecule has 0 saturated heterocycles. The third-order valence-corrected chi connectivity index (χ3v) is 2.81. The predicted molar refractivity (Wildman–Crippen MR) is 72.4 cm³/mol. The second-order valence-electron chi connectivity index (χ2n) is 3.62. The fourth-order valence-electron chi connectivity index (χ4n) is 1.62. The summed E-state index contributed by atoms with van der Waals surface area (Å²) in [5.41, 5.74) is 0.734. The van der Waals surface area contributed by atoms with Crippen LogP contribution in [0.1, 0.15) is 22.8 Å². The van der Waals surface area contributed by atoms with Gasteiger partial charge in [-0.15, -0.1) is 0 Å². The molecule has 0 aliphatic heterocycles. The molecular weight excluding hydrogens is 316 g/mol. The second kappa shape index (κ2) is 7.25. The molecule has 1 rings (SSSR count). The number of Topliss-reactive ketones (excluding diaryl/α,β-unsaturated/α-hetero) is 1. The Hall–Kier alpha value is -1.40. The Bertz CT molecular complexity index is 484. The van der Waals surface area contributed by atoms with Crippen molar-refractivity contribution >= 4 is 27.7 Å². The lowest BCUT2D eigenvalue weighted by atomic mass is 10.0. The molecule has 0 atom stereocenters. The van der Waals surface area contributed by atoms with Crippen molar-refractivity contribution in [2.75, 3.05) is 20.8 Å². The van der Waals surface area contributed by atoms with Crippen molar-refractivity contribution < 1.29 is 23.8 Å². The Labute approximate surface area is 120 Å². The van der Waals surface area contributed by atoms with Gasteiger partial charge in [-0.2, -0.15) is 0 Å². The molecule has 0 heterocycles. The summed E-state index contributed by atoms with van der Waals surface area (Å²) in [5.74, 6) is -1.33. The molecule has 0 bridgehead atoms. The number of carbonyl (C=O) groups is 2. The highest BCUT2D eigenvalue weighted by molar-refractivity contribution is 9.10. The van der Waals surface area contributed by atoms with Gasteiger partial charge < -0.3 is 14.2 Å². The van der Waals surface area contributed by atoms with E-state index in [1.54, 1.807) is 19.1 Å². The minimum Gasteiger partial charge on any atom is -0.496 e. The quantitative estimate of drug-likeness (QED) is 0.455. The molecular formula is C13H15BrO5. The molecule has 19 heavy (non-hydrogen) atoms. The molecule has 104 valence electrons. The van der Waals surface area contributed by atoms with Crippen LogP contribution in [0.2, 0.25) is 0 Å². The molecule has 1 aromatic rings. The van der Waals surface area contributed by atoms with Gasteiger partial charge in [0.15, 0.2) is 0 Å². The van der Waals surface area contributed by atoms with Crippen molar-refractivity contribution in [3.05, 3.63) is 27.7 Å². The van der Waals surface area contributed by atoms with Crippen molar-refractivity contribution in [1.82, 2.24) is 0 Å². The van der Waals surface area contributed by atoms with E-state index in [2.05, 4.69) is 15.9 Å². The zero-order valence-electron chi connectivity index (χ0n) is 11.0. The van der Waals surface area contributed by atoms with Crippen molar-refractivity contribution in [1.29, 1.82) is 0 Å². The Balaban J connectivity index is 3.29. The molecule has 0 radical (unpaired) electrons. The van der Waals surface area contributed by atoms with Gasteiger partial charge in [0, 0.05) is 11.6 Å². The lowest BCUT2D eigenvalue weighted by Gasteiger charge is -2.13. The lowest BCUT2D eigenvalue weighted by molar-refractivity contribution is -0.137. The van der Waals surface area contributed by atoms with E-state index in [1.807, 2.05) is 0 Å². The van der Waals surface area contributed by atoms with Crippen molar-refractivity contribution in [3.63, 3.8) is 0 Å². The van der Waals surface area contributed by atoms with Crippen molar-refractivity contribution in [2.24, 2.45) is 0 Å². The first-order valence-electron chi connectivity index (χ1n) is 5.61. The third-order valence-electron chi connectivity index (χ3n) is 2.36. The van der Waals surface area contributed by atoms with Crippen molar-refractivity contribution in [3.8, 4) is 5.75 Å². The molecule has 0 saturated carbocycles. The van der Waals surface area contributed by atoms with Gasteiger partial charge in [0.25, 0.3) is 5.78 Å². The zero-order chi connectivity index (χ0) is 14.4. The number of methoxy groups -OCH3 is 2. The third kappa shape index (κ3) is 3.78. The molecule has 0 fully saturated rings. The van der Waals surface area contributed by atoms with Crippen LogP contribution in [0, 0.1) is 0 Å². The Morgan fingerprint density at radius 3 is 2.47 bits per heavy atom. The Morgan fingerprint density at radius 2 is 1.95 bits per heavy atom. The summed E-state index contributed by atoms with van der Waals surface area (Å²) in [6.45, 7) is 1.97. The molecule has 0 aliphatic carbocycles. The van der Waals surface area contributed by atoms with E-state index in [0.717, 1.165) is 4.47 Å². The first-order chi connectivity index (χ1) is 9.04. The minimum absolute atomic E-state index is 0.142. The summed E-state index contributed by atoms with van der Waals surface area (Å²) in [6, 6.07) is 3.32. The number of rotatable bonds is 6. The highest BCUT2D eigenvalue weighted by Crippen LogP contribution is 2.29. The van der Waals surface area contributed by atoms with Crippen LogP contribution in [0.3, 0.4) is 0 Å². The van der Waals surface area contributed by atoms with Crippen molar-refractivity contribution in [2.45, 2.75) is 13.5 Å². The van der Waals surface area contributed by atoms with E-state index in [0.29, 0.717) is 11.3 Å². The van der Waals surface area contributed by atoms with Crippen LogP contribution in [0.25, 0.3) is 0 Å². The molecule has 6 heteroatoms. The molecule has 0 spiro atoms. The van der Waals surface area contributed by atoms with E-state index in [1.165, 1.54) is 14.2 Å². The Kier molecular flexibility index (Phi) is 5.98. The number of ether oxygens (including phenoxy) is 3. The molecule has 0 amide bonds. The minimum atomic E-state index is -0.902. The highest BCUT2D eigenvalue weighted by Gasteiger charge is 2.25. The Morgan fingerprint density at radius 1 is 1.26 bits per heavy atom. The molecule has 0 N–H and O–H groups in total. The van der Waals surface area contributed by atoms with E-state index in [4.69, 9.17) is 14.2 Å². The molecule has 0 aromatic heterocycles. The van der Waals surface area contributed by atoms with Crippen LogP contribution in [-0.2, 0) is 20.9 Å². The topological polar surface area (TPSA) is 61.8 Å². The van der Waals surface area contributed by atoms with E-state index in [-0.39, 0.29) is 18.8 Å². The lowest BCUT2D eigenvalue weighted by Crippen LogP contribution is -2.20. The van der Waals surface area contributed by atoms with Gasteiger partial charge in [0.1, 0.15) is 5.75 Å². The maximum absolute atomic E-state index is 12.1. The maximum atomic E-state index is 12.1. The number of ketones is 1. The van der Waals surface area contributed by atoms with Crippen LogP contribution >= 0.6 is 15.9 Å². The standard InChI is InChI=1S/C13H15BrO5/c1-4-19-13(16)12(15)11-8(7-17-2)5-9(14)6-10(11)18-3/h5-6H,4,7H2,1-3H3. The fourth-order valence-corrected chi connectivity index (χ4v) is 2.11. The van der Waals surface area contributed by atoms with Crippen LogP contribution < -0.4 is 4.74 Å². The number of hydrogen-bond donors (Lipinski definition) is 0. The van der Waals surface area contributed by atoms with Crippen LogP contribution in [-0.4, -0.2) is 32.6 Å². The van der Waals surface area contributed by atoms with Gasteiger partial charge in [-0.25, -0.2) is 4.79 Å². The number of esters is 1. The fraction of sp³-hybridized carbons (Fsp3) is 0.385. The molecule has 5 nitrogen and oxygen atoms in total. The number of benzene rings is 1. The molecule has 1 aromatic carbocycles. The predicted octanol–water partition coefficient (Wildman–Crippen LogP) is 2.35. The summed E-state index contributed by atoms with van der Waals surface area (Å²) < 4.78 is 15.6. The summed E-state index contributed by atoms with van der Waals surface area (Å²) in [5, 5.41) is 0. The normalized spacial score (nSPS) is 10.1. The first kappa shape index (κ1) is 15.7. The van der Waals surface area contributed by atoms with Gasteiger partial charge in [0.05, 0.1) is 25.9 Å². The van der Waals surface area contributed by atoms with Crippen LogP contribution in [0.4, 0.5) is 0 Å². The largest absolute Gasteiger partial charge is 0.496 e. The zero-order valence-corrected chi connectivity index (χ0v) is 12.6. The first-order valence-corrected chi connectivity index (χ1v) is 6.41. The van der Waals surface area contributed by atoms with Crippen LogP contribution in [0.5, 0.6) is 5.75 Å². The maximum Gasteiger partial charge on any atom is 0.379 e. The highest BCUT2D eigenvalue weighted by atomic mass is 79.9. The average Bonchev–Trinajstić information content (AvgIpc) is 2.38. The molecule has 0 aliphatic rings. The number of carbonyl (C=O) groups excluding carboxylic acids is 2. The molecule has 0 unspecified atom stereocenters. The van der Waals surface area contributed by atoms with E-state index in [9.17, 15) is 9.59 Å². The summed E-state index contributed by atoms with van der Waals surface area (Å²) in [4.78, 5) is 23.7. The summed E-state index contributed by atoms with van der Waals surface area (Å²) in [7, 11) is 2.94. The second-order valence-corrected chi connectivity index (χ2v) is 4.54. The SMILES string of the molecule is CCOC(=O)C(=O)c1c(COC)cc(Br)cc1OC. The smallest absolute Gasteiger partial charge is 0.379 e. The average molecular weight is 331 g/mol.